The van der Waals surface area contributed by atoms with Crippen LogP contribution in [-0.2, 0) is 21.2 Å². The molecule has 0 radical (unpaired) electrons. The molecule has 0 aliphatic heterocycles. The smallest absolute Gasteiger partial charge is 0.426 e. The van der Waals surface area contributed by atoms with E-state index in [2.05, 4.69) is 10.0 Å². The van der Waals surface area contributed by atoms with Crippen LogP contribution in [0.2, 0.25) is 0 Å². The van der Waals surface area contributed by atoms with Crippen LogP contribution in [0.15, 0.2) is 53.4 Å². The van der Waals surface area contributed by atoms with Gasteiger partial charge in [-0.15, -0.1) is 0 Å². The molecule has 32 heavy (non-hydrogen) atoms. The molecule has 0 bridgehead atoms. The predicted molar refractivity (Wildman–Crippen MR) is 115 cm³/mol. The number of carbonyl (C=O) groups is 1. The van der Waals surface area contributed by atoms with E-state index in [0.29, 0.717) is 24.1 Å². The zero-order valence-electron chi connectivity index (χ0n) is 17.2. The highest BCUT2D eigenvalue weighted by atomic mass is 32.2. The summed E-state index contributed by atoms with van der Waals surface area (Å²) in [7, 11) is -6.43. The van der Waals surface area contributed by atoms with Gasteiger partial charge in [-0.05, 0) is 42.5 Å². The molecule has 2 aromatic carbocycles. The van der Waals surface area contributed by atoms with Crippen LogP contribution in [0.4, 0.5) is 8.78 Å². The first-order valence-corrected chi connectivity index (χ1v) is 11.8. The number of amides is 1. The first-order valence-electron chi connectivity index (χ1n) is 10.3. The van der Waals surface area contributed by atoms with E-state index in [4.69, 9.17) is 0 Å². The lowest BCUT2D eigenvalue weighted by atomic mass is 9.69. The van der Waals surface area contributed by atoms with Crippen molar-refractivity contribution in [1.82, 2.24) is 10.0 Å². The van der Waals surface area contributed by atoms with Crippen LogP contribution >= 0.6 is 0 Å². The summed E-state index contributed by atoms with van der Waals surface area (Å²) >= 11 is 0. The van der Waals surface area contributed by atoms with Gasteiger partial charge in [0, 0.05) is 0 Å². The molecule has 1 saturated carbocycles. The van der Waals surface area contributed by atoms with Crippen molar-refractivity contribution in [2.24, 2.45) is 5.92 Å². The van der Waals surface area contributed by atoms with E-state index >= 15 is 0 Å². The van der Waals surface area contributed by atoms with Crippen LogP contribution < -0.4 is 10.0 Å². The van der Waals surface area contributed by atoms with Gasteiger partial charge in [0.05, 0.1) is 5.94 Å². The van der Waals surface area contributed by atoms with Crippen molar-refractivity contribution in [3.63, 3.8) is 0 Å². The lowest BCUT2D eigenvalue weighted by Gasteiger charge is -2.30. The molecule has 0 aromatic heterocycles. The fraction of sp³-hybridized carbons (Fsp3) is 0.381. The van der Waals surface area contributed by atoms with Crippen LogP contribution in [-0.4, -0.2) is 43.5 Å². The number of sulfonamides is 1. The van der Waals surface area contributed by atoms with Crippen LogP contribution in [0.1, 0.15) is 31.2 Å². The summed E-state index contributed by atoms with van der Waals surface area (Å²) in [4.78, 5) is 12.1. The van der Waals surface area contributed by atoms with Gasteiger partial charge in [-0.3, -0.25) is 4.79 Å². The molecule has 0 heterocycles. The molecular formula is C21H25BF2N2O5S. The van der Waals surface area contributed by atoms with Crippen LogP contribution in [0.25, 0.3) is 0 Å². The van der Waals surface area contributed by atoms with Crippen LogP contribution in [0.5, 0.6) is 0 Å². The summed E-state index contributed by atoms with van der Waals surface area (Å²) in [6.07, 6.45) is 3.12. The number of nitrogens with one attached hydrogen (secondary N) is 2. The monoisotopic (exact) mass is 466 g/mol. The molecule has 1 fully saturated rings. The summed E-state index contributed by atoms with van der Waals surface area (Å²) in [6, 6.07) is 9.15. The molecular weight excluding hydrogens is 441 g/mol. The number of hydrogen-bond donors (Lipinski definition) is 4. The number of halogens is 2. The average molecular weight is 466 g/mol. The van der Waals surface area contributed by atoms with Gasteiger partial charge in [-0.2, -0.15) is 4.72 Å². The zero-order valence-corrected chi connectivity index (χ0v) is 18.1. The third-order valence-corrected chi connectivity index (χ3v) is 7.07. The van der Waals surface area contributed by atoms with Gasteiger partial charge in [0.1, 0.15) is 22.6 Å². The lowest BCUT2D eigenvalue weighted by Crippen LogP contribution is -2.55. The van der Waals surface area contributed by atoms with Crippen molar-refractivity contribution in [3.8, 4) is 0 Å². The Bertz CT molecular complexity index is 1040. The van der Waals surface area contributed by atoms with Crippen molar-refractivity contribution in [1.29, 1.82) is 0 Å². The third kappa shape index (κ3) is 6.35. The Balaban J connectivity index is 1.83. The van der Waals surface area contributed by atoms with Gasteiger partial charge in [-0.25, -0.2) is 17.2 Å². The number of rotatable bonds is 10. The molecule has 1 aliphatic carbocycles. The highest BCUT2D eigenvalue weighted by molar-refractivity contribution is 7.89. The Morgan fingerprint density at radius 2 is 1.81 bits per heavy atom. The quantitative estimate of drug-likeness (QED) is 0.397. The van der Waals surface area contributed by atoms with E-state index in [1.54, 1.807) is 30.3 Å². The summed E-state index contributed by atoms with van der Waals surface area (Å²) in [5.74, 6) is -3.65. The Morgan fingerprint density at radius 1 is 1.12 bits per heavy atom. The largest absolute Gasteiger partial charge is 0.475 e. The lowest BCUT2D eigenvalue weighted by molar-refractivity contribution is -0.123. The van der Waals surface area contributed by atoms with Gasteiger partial charge < -0.3 is 15.4 Å². The minimum absolute atomic E-state index is 0.0828. The topological polar surface area (TPSA) is 116 Å². The summed E-state index contributed by atoms with van der Waals surface area (Å²) in [5, 5.41) is 21.9. The Morgan fingerprint density at radius 3 is 2.41 bits per heavy atom. The van der Waals surface area contributed by atoms with Crippen molar-refractivity contribution >= 4 is 23.0 Å². The Kier molecular flexibility index (Phi) is 7.99. The molecule has 2 aromatic rings. The predicted octanol–water partition coefficient (Wildman–Crippen LogP) is 1.54. The summed E-state index contributed by atoms with van der Waals surface area (Å²) < 4.78 is 55.3. The van der Waals surface area contributed by atoms with E-state index in [1.165, 1.54) is 0 Å². The standard InChI is InChI=1S/C21H25BF2N2O5S/c23-16-9-10-17(24)19(13-16)32(30,31)26-18(11-14-5-2-1-3-6-14)21(27)25-20(22(28)29)12-15-7-4-8-15/h1-3,5-6,9-10,13,15,18,20,26,28-29H,4,7-8,11-12H2,(H,25,27)/t18-,20-/m0/s1. The van der Waals surface area contributed by atoms with E-state index in [1.807, 2.05) is 0 Å². The van der Waals surface area contributed by atoms with Gasteiger partial charge in [0.25, 0.3) is 0 Å². The molecule has 3 rings (SSSR count). The second-order valence-electron chi connectivity index (χ2n) is 8.00. The van der Waals surface area contributed by atoms with E-state index < -0.39 is 51.6 Å². The fourth-order valence-electron chi connectivity index (χ4n) is 3.60. The van der Waals surface area contributed by atoms with Crippen LogP contribution in [0.3, 0.4) is 0 Å². The molecule has 4 N–H and O–H groups in total. The maximum atomic E-state index is 14.1. The normalized spacial score (nSPS) is 16.1. The summed E-state index contributed by atoms with van der Waals surface area (Å²) in [6.45, 7) is 0. The first kappa shape index (κ1) is 24.3. The van der Waals surface area contributed by atoms with Crippen molar-refractivity contribution in [3.05, 3.63) is 65.7 Å². The minimum atomic E-state index is -4.60. The number of hydrogen-bond acceptors (Lipinski definition) is 5. The average Bonchev–Trinajstić information content (AvgIpc) is 2.71. The third-order valence-electron chi connectivity index (χ3n) is 5.58. The molecule has 172 valence electrons. The first-order chi connectivity index (χ1) is 15.2. The van der Waals surface area contributed by atoms with Crippen molar-refractivity contribution in [2.45, 2.75) is 49.0 Å². The molecule has 11 heteroatoms. The maximum absolute atomic E-state index is 14.1. The summed E-state index contributed by atoms with van der Waals surface area (Å²) in [5.41, 5.74) is 0.621. The van der Waals surface area contributed by atoms with Gasteiger partial charge >= 0.3 is 7.12 Å². The van der Waals surface area contributed by atoms with Gasteiger partial charge in [-0.1, -0.05) is 49.6 Å². The SMILES string of the molecule is O=C(N[C@@H](CC1CCC1)B(O)O)[C@H](Cc1ccccc1)NS(=O)(=O)c1cc(F)ccc1F. The second-order valence-corrected chi connectivity index (χ2v) is 9.68. The second kappa shape index (κ2) is 10.5. The molecule has 2 atom stereocenters. The number of carbonyl (C=O) groups excluding carboxylic acids is 1. The van der Waals surface area contributed by atoms with Crippen molar-refractivity contribution < 1.29 is 32.0 Å². The van der Waals surface area contributed by atoms with Gasteiger partial charge in [0.2, 0.25) is 15.9 Å². The minimum Gasteiger partial charge on any atom is -0.426 e. The molecule has 7 nitrogen and oxygen atoms in total. The van der Waals surface area contributed by atoms with E-state index in [-0.39, 0.29) is 12.3 Å². The van der Waals surface area contributed by atoms with Crippen LogP contribution in [0, 0.1) is 17.6 Å². The van der Waals surface area contributed by atoms with E-state index in [0.717, 1.165) is 25.3 Å². The number of benzene rings is 2. The maximum Gasteiger partial charge on any atom is 0.475 e. The highest BCUT2D eigenvalue weighted by Crippen LogP contribution is 2.30. The Hall–Kier alpha value is -2.34. The van der Waals surface area contributed by atoms with Gasteiger partial charge in [0.15, 0.2) is 0 Å². The fourth-order valence-corrected chi connectivity index (χ4v) is 4.88. The highest BCUT2D eigenvalue weighted by Gasteiger charge is 2.34. The molecule has 1 aliphatic rings. The molecule has 0 saturated heterocycles. The Labute approximate surface area is 186 Å². The molecule has 0 spiro atoms. The van der Waals surface area contributed by atoms with Crippen molar-refractivity contribution in [2.75, 3.05) is 0 Å². The zero-order chi connectivity index (χ0) is 23.3. The van der Waals surface area contributed by atoms with E-state index in [9.17, 15) is 32.0 Å². The molecule has 1 amide bonds. The molecule has 0 unspecified atom stereocenters.